The molecule has 0 aliphatic heterocycles. The molecule has 2 heteroatoms. The van der Waals surface area contributed by atoms with Crippen LogP contribution < -0.4 is 0 Å². The molecule has 0 heterocycles. The second-order valence-corrected chi connectivity index (χ2v) is 6.82. The number of hydrogen-bond acceptors (Lipinski definition) is 1. The van der Waals surface area contributed by atoms with E-state index in [1.165, 1.54) is 96.3 Å². The first-order valence-electron chi connectivity index (χ1n) is 9.90. The standard InChI is InChI=1S/C20H40NO/c1-3-4-5-6-7-8-9-10-11-12-13-14-15-16-17-18-19-21(2)20-22/h3-19H2,1-2H3. The lowest BCUT2D eigenvalue weighted by atomic mass is 10.0. The second-order valence-electron chi connectivity index (χ2n) is 6.82. The maximum Gasteiger partial charge on any atom is 0.311 e. The Morgan fingerprint density at radius 3 is 1.23 bits per heavy atom. The van der Waals surface area contributed by atoms with Crippen LogP contribution in [0.25, 0.3) is 0 Å². The zero-order valence-electron chi connectivity index (χ0n) is 15.4. The molecule has 0 aliphatic rings. The number of amides is 1. The van der Waals surface area contributed by atoms with Crippen molar-refractivity contribution < 1.29 is 4.79 Å². The number of nitrogens with zero attached hydrogens (tertiary/aromatic N) is 1. The molecular weight excluding hydrogens is 270 g/mol. The lowest BCUT2D eigenvalue weighted by Crippen LogP contribution is -2.16. The van der Waals surface area contributed by atoms with Crippen LogP contribution in [0.5, 0.6) is 0 Å². The van der Waals surface area contributed by atoms with Crippen molar-refractivity contribution in [3.05, 3.63) is 0 Å². The van der Waals surface area contributed by atoms with E-state index in [9.17, 15) is 4.79 Å². The Balaban J connectivity index is 2.98. The van der Waals surface area contributed by atoms with E-state index in [4.69, 9.17) is 0 Å². The van der Waals surface area contributed by atoms with Crippen LogP contribution in [0, 0.1) is 0 Å². The van der Waals surface area contributed by atoms with Crippen LogP contribution in [-0.4, -0.2) is 24.9 Å². The minimum Gasteiger partial charge on any atom is -0.338 e. The van der Waals surface area contributed by atoms with Gasteiger partial charge in [0.1, 0.15) is 0 Å². The fourth-order valence-corrected chi connectivity index (χ4v) is 2.94. The Labute approximate surface area is 140 Å². The third-order valence-electron chi connectivity index (χ3n) is 4.50. The average Bonchev–Trinajstić information content (AvgIpc) is 2.54. The zero-order chi connectivity index (χ0) is 16.3. The van der Waals surface area contributed by atoms with Gasteiger partial charge < -0.3 is 4.90 Å². The maximum atomic E-state index is 10.3. The van der Waals surface area contributed by atoms with Crippen molar-refractivity contribution in [2.75, 3.05) is 13.6 Å². The van der Waals surface area contributed by atoms with E-state index in [2.05, 4.69) is 6.92 Å². The summed E-state index contributed by atoms with van der Waals surface area (Å²) in [5.74, 6) is 0. The SMILES string of the molecule is CCCCCCCCCCCCCCCCCCN(C)[C]=O. The van der Waals surface area contributed by atoms with Crippen LogP contribution in [0.1, 0.15) is 110 Å². The molecule has 22 heavy (non-hydrogen) atoms. The Morgan fingerprint density at radius 1 is 0.591 bits per heavy atom. The molecule has 0 aromatic carbocycles. The summed E-state index contributed by atoms with van der Waals surface area (Å²) in [7, 11) is 1.80. The molecule has 2 nitrogen and oxygen atoms in total. The van der Waals surface area contributed by atoms with E-state index in [0.29, 0.717) is 0 Å². The first kappa shape index (κ1) is 21.5. The minimum atomic E-state index is 0.863. The van der Waals surface area contributed by atoms with Crippen molar-refractivity contribution in [1.29, 1.82) is 0 Å². The predicted molar refractivity (Wildman–Crippen MR) is 97.9 cm³/mol. The number of unbranched alkanes of at least 4 members (excludes halogenated alkanes) is 15. The lowest BCUT2D eigenvalue weighted by Gasteiger charge is -2.08. The number of rotatable bonds is 18. The normalized spacial score (nSPS) is 10.8. The Hall–Kier alpha value is -0.530. The number of hydrogen-bond donors (Lipinski definition) is 0. The quantitative estimate of drug-likeness (QED) is 0.216. The highest BCUT2D eigenvalue weighted by Gasteiger charge is 1.96. The van der Waals surface area contributed by atoms with Crippen LogP contribution in [0.3, 0.4) is 0 Å². The third kappa shape index (κ3) is 17.5. The van der Waals surface area contributed by atoms with Gasteiger partial charge in [0.05, 0.1) is 0 Å². The van der Waals surface area contributed by atoms with Crippen molar-refractivity contribution in [2.45, 2.75) is 110 Å². The Morgan fingerprint density at radius 2 is 0.909 bits per heavy atom. The highest BCUT2D eigenvalue weighted by molar-refractivity contribution is 5.47. The van der Waals surface area contributed by atoms with Gasteiger partial charge in [-0.3, -0.25) is 4.79 Å². The molecule has 0 fully saturated rings. The molecule has 0 aromatic rings. The maximum absolute atomic E-state index is 10.3. The van der Waals surface area contributed by atoms with Gasteiger partial charge in [0.25, 0.3) is 0 Å². The van der Waals surface area contributed by atoms with Crippen LogP contribution in [0.15, 0.2) is 0 Å². The van der Waals surface area contributed by atoms with Gasteiger partial charge in [-0.15, -0.1) is 0 Å². The van der Waals surface area contributed by atoms with Gasteiger partial charge in [0, 0.05) is 13.6 Å². The molecule has 131 valence electrons. The Bertz CT molecular complexity index is 218. The molecular formula is C20H40NO. The minimum absolute atomic E-state index is 0.863. The van der Waals surface area contributed by atoms with Crippen LogP contribution >= 0.6 is 0 Å². The summed E-state index contributed by atoms with van der Waals surface area (Å²) in [6, 6.07) is 0. The highest BCUT2D eigenvalue weighted by atomic mass is 16.1. The van der Waals surface area contributed by atoms with Gasteiger partial charge in [0.2, 0.25) is 0 Å². The fourth-order valence-electron chi connectivity index (χ4n) is 2.94. The summed E-state index contributed by atoms with van der Waals surface area (Å²) in [4.78, 5) is 11.9. The van der Waals surface area contributed by atoms with Gasteiger partial charge in [-0.25, -0.2) is 0 Å². The van der Waals surface area contributed by atoms with Crippen molar-refractivity contribution >= 4 is 6.41 Å². The first-order chi connectivity index (χ1) is 10.8. The molecule has 0 N–H and O–H groups in total. The summed E-state index contributed by atoms with van der Waals surface area (Å²) in [6.07, 6.45) is 24.1. The molecule has 0 atom stereocenters. The van der Waals surface area contributed by atoms with Crippen molar-refractivity contribution in [2.24, 2.45) is 0 Å². The highest BCUT2D eigenvalue weighted by Crippen LogP contribution is 2.13. The summed E-state index contributed by atoms with van der Waals surface area (Å²) in [5.41, 5.74) is 0. The van der Waals surface area contributed by atoms with E-state index >= 15 is 0 Å². The topological polar surface area (TPSA) is 20.3 Å². The number of carbonyl (C=O) groups excluding carboxylic acids is 1. The van der Waals surface area contributed by atoms with Crippen molar-refractivity contribution in [1.82, 2.24) is 4.90 Å². The Kier molecular flexibility index (Phi) is 18.1. The summed E-state index contributed by atoms with van der Waals surface area (Å²) in [6.45, 7) is 3.15. The van der Waals surface area contributed by atoms with Gasteiger partial charge in [0.15, 0.2) is 0 Å². The van der Waals surface area contributed by atoms with E-state index < -0.39 is 0 Å². The second kappa shape index (κ2) is 18.5. The lowest BCUT2D eigenvalue weighted by molar-refractivity contribution is 0.417. The average molecular weight is 311 g/mol. The smallest absolute Gasteiger partial charge is 0.311 e. The molecule has 0 aromatic heterocycles. The summed E-state index contributed by atoms with van der Waals surface area (Å²) >= 11 is 0. The van der Waals surface area contributed by atoms with Gasteiger partial charge >= 0.3 is 6.41 Å². The molecule has 1 radical (unpaired) electrons. The summed E-state index contributed by atoms with van der Waals surface area (Å²) in [5, 5.41) is 0. The van der Waals surface area contributed by atoms with Crippen LogP contribution in [-0.2, 0) is 4.79 Å². The van der Waals surface area contributed by atoms with Crippen LogP contribution in [0.2, 0.25) is 0 Å². The monoisotopic (exact) mass is 310 g/mol. The van der Waals surface area contributed by atoms with Crippen molar-refractivity contribution in [3.8, 4) is 0 Å². The van der Waals surface area contributed by atoms with Gasteiger partial charge in [-0.05, 0) is 6.42 Å². The fraction of sp³-hybridized carbons (Fsp3) is 0.950. The summed E-state index contributed by atoms with van der Waals surface area (Å²) < 4.78 is 0. The molecule has 1 amide bonds. The molecule has 0 spiro atoms. The molecule has 0 saturated heterocycles. The molecule has 0 unspecified atom stereocenters. The van der Waals surface area contributed by atoms with E-state index in [0.717, 1.165) is 13.0 Å². The zero-order valence-corrected chi connectivity index (χ0v) is 15.4. The predicted octanol–water partition coefficient (Wildman–Crippen LogP) is 6.25. The van der Waals surface area contributed by atoms with E-state index in [-0.39, 0.29) is 0 Å². The first-order valence-corrected chi connectivity index (χ1v) is 9.90. The molecule has 0 saturated carbocycles. The van der Waals surface area contributed by atoms with Crippen LogP contribution in [0.4, 0.5) is 0 Å². The van der Waals surface area contributed by atoms with E-state index in [1.807, 2.05) is 6.41 Å². The van der Waals surface area contributed by atoms with Gasteiger partial charge in [-0.1, -0.05) is 103 Å². The van der Waals surface area contributed by atoms with E-state index in [1.54, 1.807) is 11.9 Å². The third-order valence-corrected chi connectivity index (χ3v) is 4.50. The molecule has 0 rings (SSSR count). The molecule has 0 aliphatic carbocycles. The molecule has 0 bridgehead atoms. The van der Waals surface area contributed by atoms with Gasteiger partial charge in [-0.2, -0.15) is 0 Å². The largest absolute Gasteiger partial charge is 0.338 e. The van der Waals surface area contributed by atoms with Crippen molar-refractivity contribution in [3.63, 3.8) is 0 Å².